The summed E-state index contributed by atoms with van der Waals surface area (Å²) in [6.45, 7) is 14.5. The van der Waals surface area contributed by atoms with E-state index < -0.39 is 29.2 Å². The molecule has 4 rings (SSSR count). The molecule has 2 saturated heterocycles. The average molecular weight is 559 g/mol. The quantitative estimate of drug-likeness (QED) is 0.435. The van der Waals surface area contributed by atoms with E-state index in [2.05, 4.69) is 29.0 Å². The van der Waals surface area contributed by atoms with E-state index in [1.54, 1.807) is 4.90 Å². The molecule has 3 heterocycles. The highest BCUT2D eigenvalue weighted by Gasteiger charge is 2.35. The van der Waals surface area contributed by atoms with Crippen LogP contribution in [0.4, 0.5) is 32.3 Å². The Morgan fingerprint density at radius 3 is 2.35 bits per heavy atom. The van der Waals surface area contributed by atoms with Gasteiger partial charge in [-0.1, -0.05) is 19.9 Å². The number of hydrogen-bond acceptors (Lipinski definition) is 10. The van der Waals surface area contributed by atoms with Crippen molar-refractivity contribution in [3.8, 4) is 5.75 Å². The Kier molecular flexibility index (Phi) is 8.52. The first-order valence-corrected chi connectivity index (χ1v) is 13.6. The number of aromatic nitrogens is 2. The van der Waals surface area contributed by atoms with E-state index in [9.17, 15) is 19.1 Å². The minimum atomic E-state index is -0.788. The minimum Gasteiger partial charge on any atom is -0.506 e. The first kappa shape index (κ1) is 29.1. The molecular weight excluding hydrogens is 519 g/mol. The Hall–Kier alpha value is -3.87. The predicted octanol–water partition coefficient (Wildman–Crippen LogP) is 2.74. The third-order valence-electron chi connectivity index (χ3n) is 7.06. The minimum absolute atomic E-state index is 0.0311. The number of likely N-dealkylation sites (N-methyl/N-ethyl adjacent to an activating group) is 1. The van der Waals surface area contributed by atoms with E-state index in [4.69, 9.17) is 15.5 Å². The Bertz CT molecular complexity index is 1220. The largest absolute Gasteiger partial charge is 0.506 e. The van der Waals surface area contributed by atoms with Crippen LogP contribution in [0.2, 0.25) is 0 Å². The Morgan fingerprint density at radius 2 is 1.77 bits per heavy atom. The van der Waals surface area contributed by atoms with Crippen molar-refractivity contribution in [2.45, 2.75) is 46.3 Å². The van der Waals surface area contributed by atoms with Crippen molar-refractivity contribution in [3.05, 3.63) is 29.7 Å². The second-order valence-electron chi connectivity index (χ2n) is 10.9. The SMILES string of the molecule is CCN(CC)C1CN(c2nc(C(=O)Nc3c(O)cccc3F)c(N)c(N3CCN(C(=O)OC(C)(C)C)CC3)n2)C1. The lowest BCUT2D eigenvalue weighted by Gasteiger charge is -2.45. The zero-order valence-corrected chi connectivity index (χ0v) is 23.8. The number of anilines is 4. The second kappa shape index (κ2) is 11.7. The zero-order valence-electron chi connectivity index (χ0n) is 23.8. The number of nitrogens with one attached hydrogen (secondary N) is 1. The number of nitrogens with zero attached hydrogens (tertiary/aromatic N) is 6. The van der Waals surface area contributed by atoms with Gasteiger partial charge in [0, 0.05) is 45.3 Å². The van der Waals surface area contributed by atoms with Gasteiger partial charge in [-0.25, -0.2) is 14.2 Å². The van der Waals surface area contributed by atoms with Crippen molar-refractivity contribution >= 4 is 35.1 Å². The fourth-order valence-electron chi connectivity index (χ4n) is 4.83. The summed E-state index contributed by atoms with van der Waals surface area (Å²) in [5.41, 5.74) is 5.41. The maximum Gasteiger partial charge on any atom is 0.410 e. The summed E-state index contributed by atoms with van der Waals surface area (Å²) >= 11 is 0. The first-order valence-electron chi connectivity index (χ1n) is 13.6. The van der Waals surface area contributed by atoms with Gasteiger partial charge in [-0.05, 0) is 46.0 Å². The van der Waals surface area contributed by atoms with Crippen LogP contribution in [-0.4, -0.2) is 101 Å². The molecule has 13 heteroatoms. The van der Waals surface area contributed by atoms with Crippen LogP contribution in [0.25, 0.3) is 0 Å². The smallest absolute Gasteiger partial charge is 0.410 e. The summed E-state index contributed by atoms with van der Waals surface area (Å²) in [7, 11) is 0. The molecule has 2 aliphatic heterocycles. The number of benzene rings is 1. The second-order valence-corrected chi connectivity index (χ2v) is 10.9. The summed E-state index contributed by atoms with van der Waals surface area (Å²) < 4.78 is 19.8. The summed E-state index contributed by atoms with van der Waals surface area (Å²) in [6, 6.07) is 4.08. The Labute approximate surface area is 233 Å². The molecule has 2 amide bonds. The number of rotatable bonds is 7. The number of phenolic OH excluding ortho intramolecular Hbond substituents is 1. The maximum absolute atomic E-state index is 14.4. The monoisotopic (exact) mass is 558 g/mol. The maximum atomic E-state index is 14.4. The Balaban J connectivity index is 1.60. The summed E-state index contributed by atoms with van der Waals surface area (Å²) in [6.07, 6.45) is -0.392. The van der Waals surface area contributed by atoms with Gasteiger partial charge >= 0.3 is 6.09 Å². The van der Waals surface area contributed by atoms with Gasteiger partial charge in [-0.15, -0.1) is 0 Å². The number of nitrogens with two attached hydrogens (primary N) is 1. The lowest BCUT2D eigenvalue weighted by molar-refractivity contribution is 0.0240. The fourth-order valence-corrected chi connectivity index (χ4v) is 4.83. The number of phenols is 1. The molecule has 218 valence electrons. The van der Waals surface area contributed by atoms with Crippen molar-refractivity contribution in [2.75, 3.05) is 73.2 Å². The van der Waals surface area contributed by atoms with Crippen LogP contribution in [0.15, 0.2) is 18.2 Å². The molecule has 1 aromatic carbocycles. The van der Waals surface area contributed by atoms with Crippen molar-refractivity contribution in [3.63, 3.8) is 0 Å². The predicted molar refractivity (Wildman–Crippen MR) is 151 cm³/mol. The molecule has 40 heavy (non-hydrogen) atoms. The number of para-hydroxylation sites is 1. The van der Waals surface area contributed by atoms with Crippen LogP contribution in [-0.2, 0) is 4.74 Å². The molecule has 0 atom stereocenters. The molecule has 1 aromatic heterocycles. The Morgan fingerprint density at radius 1 is 1.12 bits per heavy atom. The molecule has 0 spiro atoms. The highest BCUT2D eigenvalue weighted by molar-refractivity contribution is 6.08. The highest BCUT2D eigenvalue weighted by atomic mass is 19.1. The number of ether oxygens (including phenoxy) is 1. The standard InChI is InChI=1S/C27H39FN8O4/c1-6-33(7-2)17-15-36(16-17)25-31-22(24(38)30-21-18(28)9-8-10-19(21)37)20(29)23(32-25)34-11-13-35(14-12-34)26(39)40-27(3,4)5/h8-10,17,37H,6-7,11-16,29H2,1-5H3,(H,30,38). The number of halogens is 1. The van der Waals surface area contributed by atoms with Gasteiger partial charge in [0.05, 0.1) is 0 Å². The molecule has 0 radical (unpaired) electrons. The molecular formula is C27H39FN8O4. The molecule has 0 aliphatic carbocycles. The van der Waals surface area contributed by atoms with Gasteiger partial charge in [-0.2, -0.15) is 4.98 Å². The van der Waals surface area contributed by atoms with E-state index in [0.29, 0.717) is 57.1 Å². The number of aromatic hydroxyl groups is 1. The van der Waals surface area contributed by atoms with Gasteiger partial charge in [0.25, 0.3) is 5.91 Å². The number of carbonyl (C=O) groups is 2. The summed E-state index contributed by atoms with van der Waals surface area (Å²) in [5, 5.41) is 12.5. The molecule has 2 aromatic rings. The van der Waals surface area contributed by atoms with Crippen LogP contribution in [0.3, 0.4) is 0 Å². The van der Waals surface area contributed by atoms with Gasteiger partial charge in [-0.3, -0.25) is 9.69 Å². The van der Waals surface area contributed by atoms with E-state index in [0.717, 1.165) is 19.2 Å². The van der Waals surface area contributed by atoms with Gasteiger partial charge in [0.1, 0.15) is 22.7 Å². The van der Waals surface area contributed by atoms with E-state index in [1.165, 1.54) is 12.1 Å². The van der Waals surface area contributed by atoms with Crippen LogP contribution < -0.4 is 20.9 Å². The molecule has 2 fully saturated rings. The van der Waals surface area contributed by atoms with E-state index in [-0.39, 0.29) is 17.1 Å². The highest BCUT2D eigenvalue weighted by Crippen LogP contribution is 2.32. The molecule has 0 unspecified atom stereocenters. The molecule has 0 saturated carbocycles. The van der Waals surface area contributed by atoms with Crippen LogP contribution in [0, 0.1) is 5.82 Å². The first-order chi connectivity index (χ1) is 18.9. The van der Waals surface area contributed by atoms with Crippen molar-refractivity contribution in [1.82, 2.24) is 19.8 Å². The normalized spacial score (nSPS) is 16.2. The molecule has 4 N–H and O–H groups in total. The summed E-state index contributed by atoms with van der Waals surface area (Å²) in [4.78, 5) is 42.9. The van der Waals surface area contributed by atoms with Gasteiger partial charge < -0.3 is 35.6 Å². The van der Waals surface area contributed by atoms with Crippen LogP contribution in [0.5, 0.6) is 5.75 Å². The number of amides is 2. The van der Waals surface area contributed by atoms with Crippen molar-refractivity contribution in [2.24, 2.45) is 0 Å². The molecule has 12 nitrogen and oxygen atoms in total. The molecule has 0 bridgehead atoms. The third kappa shape index (κ3) is 6.30. The number of hydrogen-bond donors (Lipinski definition) is 3. The van der Waals surface area contributed by atoms with E-state index in [1.807, 2.05) is 30.6 Å². The van der Waals surface area contributed by atoms with Crippen molar-refractivity contribution < 1.29 is 23.8 Å². The summed E-state index contributed by atoms with van der Waals surface area (Å²) in [5.74, 6) is -1.27. The number of carbonyl (C=O) groups excluding carboxylic acids is 2. The fraction of sp³-hybridized carbons (Fsp3) is 0.556. The number of nitrogen functional groups attached to an aromatic ring is 1. The van der Waals surface area contributed by atoms with Gasteiger partial charge in [0.15, 0.2) is 17.3 Å². The lowest BCUT2D eigenvalue weighted by atomic mass is 10.1. The third-order valence-corrected chi connectivity index (χ3v) is 7.06. The van der Waals surface area contributed by atoms with Crippen molar-refractivity contribution in [1.29, 1.82) is 0 Å². The van der Waals surface area contributed by atoms with E-state index >= 15 is 0 Å². The van der Waals surface area contributed by atoms with Crippen LogP contribution in [0.1, 0.15) is 45.1 Å². The topological polar surface area (TPSA) is 140 Å². The van der Waals surface area contributed by atoms with Crippen LogP contribution >= 0.6 is 0 Å². The number of piperazine rings is 1. The zero-order chi connectivity index (χ0) is 29.2. The lowest BCUT2D eigenvalue weighted by Crippen LogP contribution is -2.60. The van der Waals surface area contributed by atoms with Gasteiger partial charge in [0.2, 0.25) is 5.95 Å². The average Bonchev–Trinajstić information content (AvgIpc) is 2.87. The molecule has 2 aliphatic rings.